The summed E-state index contributed by atoms with van der Waals surface area (Å²) in [5.74, 6) is -0.915. The zero-order valence-corrected chi connectivity index (χ0v) is 48.8. The van der Waals surface area contributed by atoms with Crippen LogP contribution in [-0.2, 0) is 54.6 Å². The third-order valence-corrected chi connectivity index (χ3v) is 16.0. The van der Waals surface area contributed by atoms with Crippen molar-refractivity contribution in [2.75, 3.05) is 136 Å². The number of carbonyl (C=O) groups excluding carboxylic acids is 4. The van der Waals surface area contributed by atoms with Crippen LogP contribution < -0.4 is 25.8 Å². The lowest BCUT2D eigenvalue weighted by Gasteiger charge is -2.42. The van der Waals surface area contributed by atoms with Crippen molar-refractivity contribution in [1.29, 1.82) is 0 Å². The fraction of sp³-hybridized carbons (Fsp3) is 0.517. The first-order valence-electron chi connectivity index (χ1n) is 26.9. The number of amides is 4. The number of halogens is 6. The van der Waals surface area contributed by atoms with E-state index >= 15 is 0 Å². The molecule has 3 N–H and O–H groups in total. The first-order valence-corrected chi connectivity index (χ1v) is 28.4. The molecule has 0 aliphatic carbocycles. The van der Waals surface area contributed by atoms with E-state index in [2.05, 4.69) is 25.8 Å². The molecule has 4 amide bonds. The molecule has 0 spiro atoms. The number of nitrogens with zero attached hydrogens (tertiary/aromatic N) is 7. The lowest BCUT2D eigenvalue weighted by atomic mass is 10.0. The first kappa shape index (κ1) is 64.3. The smallest absolute Gasteiger partial charge is 0.245 e. The number of methoxy groups -OCH3 is 2. The molecule has 4 aliphatic rings. The van der Waals surface area contributed by atoms with Crippen molar-refractivity contribution >= 4 is 81.4 Å². The average molecular weight is 1190 g/mol. The minimum atomic E-state index is -0.655. The molecule has 0 unspecified atom stereocenters. The summed E-state index contributed by atoms with van der Waals surface area (Å²) in [7, 11) is 5.21. The highest BCUT2D eigenvalue weighted by molar-refractivity contribution is 6.35. The minimum Gasteiger partial charge on any atom is -0.383 e. The monoisotopic (exact) mass is 1190 g/mol. The van der Waals surface area contributed by atoms with E-state index in [1.54, 1.807) is 72.6 Å². The quantitative estimate of drug-likeness (QED) is 0.0850. The second kappa shape index (κ2) is 31.0. The van der Waals surface area contributed by atoms with Crippen LogP contribution in [0.5, 0.6) is 0 Å². The standard InChI is InChI=1S/C29H38Cl2FN5O3.C28H36Cl2FN5O3.CH4/c1-20(19-40-3)33-17-22-14-24(32)6-7-26(22)35-9-11-36(12-10-35)29(39)27(37-13-8-34(2)18-28(37)38)15-21-4-5-23(30)16-25(21)31;1-19(18-39-2)33-16-21-13-23(31)5-6-25(21)34-9-11-35(12-10-34)28(38)26(36-8-7-32-17-27(36)37)14-20-3-4-22(29)15-24(20)30;/h4-7,14,16,20,27,33H,8-13,15,17-19H2,1-3H3;3-6,13,15,19,26,32-33H,7-12,14,16-18H2,1-2H3;1H4/t20-,27-;19-,26-;/m11./s1. The fourth-order valence-electron chi connectivity index (χ4n) is 10.5. The molecule has 438 valence electrons. The molecule has 4 atom stereocenters. The lowest BCUT2D eigenvalue weighted by Crippen LogP contribution is -2.60. The van der Waals surface area contributed by atoms with Gasteiger partial charge in [-0.25, -0.2) is 8.78 Å². The van der Waals surface area contributed by atoms with Gasteiger partial charge >= 0.3 is 0 Å². The van der Waals surface area contributed by atoms with E-state index in [0.717, 1.165) is 33.6 Å². The Hall–Kier alpha value is -4.86. The van der Waals surface area contributed by atoms with Gasteiger partial charge in [-0.1, -0.05) is 66.0 Å². The van der Waals surface area contributed by atoms with Crippen LogP contribution >= 0.6 is 46.4 Å². The van der Waals surface area contributed by atoms with E-state index in [9.17, 15) is 28.0 Å². The van der Waals surface area contributed by atoms with Gasteiger partial charge in [0.25, 0.3) is 0 Å². The number of nitrogens with one attached hydrogen (secondary N) is 3. The molecule has 0 bridgehead atoms. The number of ether oxygens (including phenoxy) is 2. The van der Waals surface area contributed by atoms with Gasteiger partial charge in [0, 0.05) is 162 Å². The Morgan fingerprint density at radius 2 is 1.02 bits per heavy atom. The van der Waals surface area contributed by atoms with Gasteiger partial charge in [-0.3, -0.25) is 24.1 Å². The van der Waals surface area contributed by atoms with Crippen molar-refractivity contribution in [2.24, 2.45) is 0 Å². The van der Waals surface area contributed by atoms with Crippen molar-refractivity contribution in [3.63, 3.8) is 0 Å². The van der Waals surface area contributed by atoms with E-state index in [4.69, 9.17) is 55.9 Å². The number of rotatable bonds is 20. The number of hydrogen-bond donors (Lipinski definition) is 3. The summed E-state index contributed by atoms with van der Waals surface area (Å²) >= 11 is 25.1. The molecule has 0 radical (unpaired) electrons. The maximum absolute atomic E-state index is 14.1. The molecular weight excluding hydrogens is 1110 g/mol. The third kappa shape index (κ3) is 17.6. The Morgan fingerprint density at radius 1 is 0.588 bits per heavy atom. The van der Waals surface area contributed by atoms with Crippen LogP contribution in [0.4, 0.5) is 20.2 Å². The Kier molecular flexibility index (Phi) is 24.9. The van der Waals surface area contributed by atoms with Crippen LogP contribution in [0.15, 0.2) is 72.8 Å². The molecule has 4 heterocycles. The predicted octanol–water partition coefficient (Wildman–Crippen LogP) is 6.88. The molecule has 16 nitrogen and oxygen atoms in total. The molecule has 4 saturated heterocycles. The van der Waals surface area contributed by atoms with Crippen LogP contribution in [0.2, 0.25) is 20.1 Å². The van der Waals surface area contributed by atoms with Gasteiger partial charge in [0.15, 0.2) is 0 Å². The normalized spacial score (nSPS) is 17.8. The molecule has 4 aliphatic heterocycles. The van der Waals surface area contributed by atoms with Gasteiger partial charge in [0.05, 0.1) is 26.3 Å². The van der Waals surface area contributed by atoms with E-state index in [1.165, 1.54) is 12.1 Å². The molecule has 4 aromatic carbocycles. The Balaban J connectivity index is 0.000000255. The van der Waals surface area contributed by atoms with E-state index in [1.807, 2.05) is 47.7 Å². The first-order chi connectivity index (χ1) is 37.9. The molecular formula is C58H78Cl4F2N10O6. The van der Waals surface area contributed by atoms with Gasteiger partial charge in [-0.15, -0.1) is 0 Å². The van der Waals surface area contributed by atoms with Crippen LogP contribution in [0.25, 0.3) is 0 Å². The topological polar surface area (TPSA) is 146 Å². The zero-order chi connectivity index (χ0) is 56.8. The van der Waals surface area contributed by atoms with Gasteiger partial charge in [-0.05, 0) is 104 Å². The fourth-order valence-corrected chi connectivity index (χ4v) is 11.5. The number of piperazine rings is 4. The van der Waals surface area contributed by atoms with E-state index < -0.39 is 12.1 Å². The van der Waals surface area contributed by atoms with Gasteiger partial charge in [0.2, 0.25) is 23.6 Å². The Morgan fingerprint density at radius 3 is 1.43 bits per heavy atom. The predicted molar refractivity (Wildman–Crippen MR) is 315 cm³/mol. The molecule has 0 aromatic heterocycles. The van der Waals surface area contributed by atoms with E-state index in [0.29, 0.717) is 138 Å². The highest BCUT2D eigenvalue weighted by Crippen LogP contribution is 2.29. The van der Waals surface area contributed by atoms with E-state index in [-0.39, 0.29) is 67.9 Å². The zero-order valence-electron chi connectivity index (χ0n) is 45.7. The number of benzene rings is 4. The largest absolute Gasteiger partial charge is 0.383 e. The molecule has 8 rings (SSSR count). The Bertz CT molecular complexity index is 2720. The van der Waals surface area contributed by atoms with Gasteiger partial charge < -0.3 is 54.8 Å². The summed E-state index contributed by atoms with van der Waals surface area (Å²) in [6.45, 7) is 13.3. The lowest BCUT2D eigenvalue weighted by molar-refractivity contribution is -0.149. The van der Waals surface area contributed by atoms with Crippen molar-refractivity contribution in [2.45, 2.75) is 71.4 Å². The van der Waals surface area contributed by atoms with Crippen molar-refractivity contribution in [1.82, 2.24) is 40.4 Å². The number of carbonyl (C=O) groups is 4. The van der Waals surface area contributed by atoms with Crippen LogP contribution in [-0.4, -0.2) is 198 Å². The van der Waals surface area contributed by atoms with Gasteiger partial charge in [0.1, 0.15) is 23.7 Å². The number of hydrogen-bond acceptors (Lipinski definition) is 12. The maximum Gasteiger partial charge on any atom is 0.245 e. The maximum atomic E-state index is 14.1. The van der Waals surface area contributed by atoms with Crippen LogP contribution in [0, 0.1) is 11.6 Å². The third-order valence-electron chi connectivity index (χ3n) is 14.8. The van der Waals surface area contributed by atoms with Gasteiger partial charge in [-0.2, -0.15) is 0 Å². The number of anilines is 2. The average Bonchev–Trinajstić information content (AvgIpc) is 3.43. The van der Waals surface area contributed by atoms with Crippen LogP contribution in [0.3, 0.4) is 0 Å². The number of likely N-dealkylation sites (N-methyl/N-ethyl adjacent to an activating group) is 1. The Labute approximate surface area is 490 Å². The minimum absolute atomic E-state index is 0. The summed E-state index contributed by atoms with van der Waals surface area (Å²) in [5, 5.41) is 11.8. The summed E-state index contributed by atoms with van der Waals surface area (Å²) in [4.78, 5) is 67.0. The molecule has 22 heteroatoms. The molecule has 0 saturated carbocycles. The SMILES string of the molecule is C.COC[C@@H](C)NCc1cc(F)ccc1N1CCN(C(=O)[C@@H](Cc2ccc(Cl)cc2Cl)N2CCN(C)CC2=O)CC1.COC[C@@H](C)NCc1cc(F)ccc1N1CCN(C(=O)[C@@H](Cc2ccc(Cl)cc2Cl)N2CCNCC2=O)CC1. The summed E-state index contributed by atoms with van der Waals surface area (Å²) in [5.41, 5.74) is 5.17. The second-order valence-electron chi connectivity index (χ2n) is 20.6. The highest BCUT2D eigenvalue weighted by Gasteiger charge is 2.38. The second-order valence-corrected chi connectivity index (χ2v) is 22.3. The van der Waals surface area contributed by atoms with Crippen molar-refractivity contribution < 1.29 is 37.4 Å². The summed E-state index contributed by atoms with van der Waals surface area (Å²) in [6, 6.07) is 19.0. The molecule has 4 fully saturated rings. The summed E-state index contributed by atoms with van der Waals surface area (Å²) < 4.78 is 38.6. The van der Waals surface area contributed by atoms with Crippen molar-refractivity contribution in [3.8, 4) is 0 Å². The highest BCUT2D eigenvalue weighted by atomic mass is 35.5. The van der Waals surface area contributed by atoms with Crippen molar-refractivity contribution in [3.05, 3.63) is 127 Å². The van der Waals surface area contributed by atoms with Crippen LogP contribution in [0.1, 0.15) is 43.5 Å². The summed E-state index contributed by atoms with van der Waals surface area (Å²) in [6.07, 6.45) is 0.631. The molecule has 4 aromatic rings. The molecule has 80 heavy (non-hydrogen) atoms.